The first-order chi connectivity index (χ1) is 11.4. The number of amidine groups is 1. The normalized spacial score (nSPS) is 17.5. The average molecular weight is 330 g/mol. The van der Waals surface area contributed by atoms with Crippen LogP contribution < -0.4 is 5.32 Å². The van der Waals surface area contributed by atoms with E-state index >= 15 is 0 Å². The Morgan fingerprint density at radius 2 is 2.08 bits per heavy atom. The van der Waals surface area contributed by atoms with Crippen molar-refractivity contribution < 1.29 is 14.3 Å². The highest BCUT2D eigenvalue weighted by atomic mass is 16.5. The van der Waals surface area contributed by atoms with Gasteiger partial charge in [0, 0.05) is 18.7 Å². The lowest BCUT2D eigenvalue weighted by molar-refractivity contribution is -0.121. The van der Waals surface area contributed by atoms with Gasteiger partial charge >= 0.3 is 12.1 Å². The summed E-state index contributed by atoms with van der Waals surface area (Å²) >= 11 is 0. The number of ether oxygens (including phenoxy) is 1. The fourth-order valence-corrected chi connectivity index (χ4v) is 1.76. The number of urea groups is 1. The molecule has 0 atom stereocenters. The fourth-order valence-electron chi connectivity index (χ4n) is 1.76. The zero-order valence-corrected chi connectivity index (χ0v) is 14.2. The molecule has 0 unspecified atom stereocenters. The van der Waals surface area contributed by atoms with Crippen LogP contribution in [-0.4, -0.2) is 36.1 Å². The lowest BCUT2D eigenvalue weighted by atomic mass is 10.2. The number of carbonyl (C=O) groups is 2. The first-order valence-corrected chi connectivity index (χ1v) is 7.38. The third-order valence-electron chi connectivity index (χ3n) is 3.21. The molecule has 1 heterocycles. The van der Waals surface area contributed by atoms with E-state index in [9.17, 15) is 9.59 Å². The fraction of sp³-hybridized carbons (Fsp3) is 0.294. The van der Waals surface area contributed by atoms with Crippen molar-refractivity contribution in [3.05, 3.63) is 48.0 Å². The summed E-state index contributed by atoms with van der Waals surface area (Å²) in [6, 6.07) is -0.447. The van der Waals surface area contributed by atoms with Crippen molar-refractivity contribution >= 4 is 24.7 Å². The number of imide groups is 1. The molecule has 128 valence electrons. The summed E-state index contributed by atoms with van der Waals surface area (Å²) in [7, 11) is 0. The molecule has 1 N–H and O–H groups in total. The van der Waals surface area contributed by atoms with Crippen LogP contribution in [0.25, 0.3) is 0 Å². The molecular weight excluding hydrogens is 308 g/mol. The van der Waals surface area contributed by atoms with E-state index in [-0.39, 0.29) is 18.3 Å². The Kier molecular flexibility index (Phi) is 7.35. The summed E-state index contributed by atoms with van der Waals surface area (Å²) in [5.41, 5.74) is 1.55. The SMILES string of the molecule is C=C/C(=C\C(C)=C/C)OC(N=C)=N/C=C(\C)N1CCC(=O)NC1=O. The largest absolute Gasteiger partial charge is 0.424 e. The predicted octanol–water partition coefficient (Wildman–Crippen LogP) is 2.90. The third kappa shape index (κ3) is 5.68. The maximum Gasteiger partial charge on any atom is 0.328 e. The van der Waals surface area contributed by atoms with Gasteiger partial charge in [0.25, 0.3) is 0 Å². The van der Waals surface area contributed by atoms with Crippen molar-refractivity contribution in [2.45, 2.75) is 27.2 Å². The molecule has 1 aliphatic heterocycles. The summed E-state index contributed by atoms with van der Waals surface area (Å²) in [6.07, 6.45) is 6.92. The molecule has 0 bridgehead atoms. The first kappa shape index (κ1) is 19.1. The monoisotopic (exact) mass is 330 g/mol. The molecule has 0 spiro atoms. The van der Waals surface area contributed by atoms with Crippen molar-refractivity contribution in [3.63, 3.8) is 0 Å². The van der Waals surface area contributed by atoms with Crippen LogP contribution in [0.15, 0.2) is 58.0 Å². The van der Waals surface area contributed by atoms with Crippen LogP contribution in [0.4, 0.5) is 4.79 Å². The van der Waals surface area contributed by atoms with Gasteiger partial charge in [0.05, 0.1) is 6.20 Å². The molecule has 1 rings (SSSR count). The predicted molar refractivity (Wildman–Crippen MR) is 94.4 cm³/mol. The van der Waals surface area contributed by atoms with E-state index < -0.39 is 6.03 Å². The number of carbonyl (C=O) groups excluding carboxylic acids is 2. The summed E-state index contributed by atoms with van der Waals surface area (Å²) in [5, 5.41) is 2.24. The van der Waals surface area contributed by atoms with Gasteiger partial charge in [0.2, 0.25) is 5.91 Å². The molecule has 0 radical (unpaired) electrons. The van der Waals surface area contributed by atoms with Gasteiger partial charge in [-0.15, -0.1) is 0 Å². The topological polar surface area (TPSA) is 83.4 Å². The lowest BCUT2D eigenvalue weighted by Crippen LogP contribution is -2.48. The molecule has 0 aromatic heterocycles. The molecule has 24 heavy (non-hydrogen) atoms. The molecule has 0 saturated carbocycles. The highest BCUT2D eigenvalue weighted by Gasteiger charge is 2.23. The molecule has 7 heteroatoms. The van der Waals surface area contributed by atoms with Crippen LogP contribution >= 0.6 is 0 Å². The van der Waals surface area contributed by atoms with Crippen molar-refractivity contribution in [1.29, 1.82) is 0 Å². The summed E-state index contributed by atoms with van der Waals surface area (Å²) < 4.78 is 5.51. The molecule has 0 aromatic carbocycles. The second-order valence-corrected chi connectivity index (χ2v) is 4.98. The standard InChI is InChI=1S/C17H22N4O3/c1-6-12(3)10-14(7-2)24-16(18-5)19-11-13(4)21-9-8-15(22)20-17(21)23/h6-7,10-11H,2,5,8-9H2,1,3-4H3,(H,20,22,23)/b12-6-,13-11+,14-10+,19-16?. The highest BCUT2D eigenvalue weighted by molar-refractivity contribution is 5.97. The minimum atomic E-state index is -0.473. The number of allylic oxidation sites excluding steroid dienone is 5. The van der Waals surface area contributed by atoms with E-state index in [2.05, 4.69) is 28.6 Å². The Morgan fingerprint density at radius 1 is 1.38 bits per heavy atom. The minimum absolute atomic E-state index is 0.0258. The molecule has 3 amide bonds. The van der Waals surface area contributed by atoms with Gasteiger partial charge in [-0.25, -0.2) is 14.8 Å². The van der Waals surface area contributed by atoms with Crippen LogP contribution in [0.1, 0.15) is 27.2 Å². The number of nitrogens with one attached hydrogen (secondary N) is 1. The van der Waals surface area contributed by atoms with Crippen molar-refractivity contribution in [1.82, 2.24) is 10.2 Å². The molecular formula is C17H22N4O3. The zero-order chi connectivity index (χ0) is 18.1. The van der Waals surface area contributed by atoms with E-state index in [1.54, 1.807) is 13.0 Å². The second-order valence-electron chi connectivity index (χ2n) is 4.98. The van der Waals surface area contributed by atoms with Gasteiger partial charge in [-0.05, 0) is 39.6 Å². The molecule has 0 aliphatic carbocycles. The van der Waals surface area contributed by atoms with Crippen LogP contribution in [0, 0.1) is 0 Å². The van der Waals surface area contributed by atoms with E-state index in [0.717, 1.165) is 5.57 Å². The van der Waals surface area contributed by atoms with Gasteiger partial charge in [0.15, 0.2) is 0 Å². The maximum absolute atomic E-state index is 11.7. The van der Waals surface area contributed by atoms with Crippen LogP contribution in [0.5, 0.6) is 0 Å². The van der Waals surface area contributed by atoms with E-state index in [0.29, 0.717) is 18.0 Å². The number of amides is 3. The van der Waals surface area contributed by atoms with Crippen LogP contribution in [0.2, 0.25) is 0 Å². The quantitative estimate of drug-likeness (QED) is 0.364. The number of hydrogen-bond donors (Lipinski definition) is 1. The number of aliphatic imine (C=N–C) groups is 2. The van der Waals surface area contributed by atoms with Gasteiger partial charge in [-0.1, -0.05) is 18.2 Å². The molecule has 1 saturated heterocycles. The Hall–Kier alpha value is -2.96. The van der Waals surface area contributed by atoms with E-state index in [4.69, 9.17) is 4.74 Å². The Morgan fingerprint density at radius 3 is 2.62 bits per heavy atom. The highest BCUT2D eigenvalue weighted by Crippen LogP contribution is 2.11. The number of hydrogen-bond acceptors (Lipinski definition) is 4. The van der Waals surface area contributed by atoms with E-state index in [1.165, 1.54) is 17.2 Å². The number of rotatable bonds is 5. The van der Waals surface area contributed by atoms with E-state index in [1.807, 2.05) is 19.9 Å². The summed E-state index contributed by atoms with van der Waals surface area (Å²) in [6.45, 7) is 12.9. The molecule has 0 aromatic rings. The Balaban J connectivity index is 2.89. The van der Waals surface area contributed by atoms with Gasteiger partial charge < -0.3 is 4.74 Å². The van der Waals surface area contributed by atoms with Gasteiger partial charge in [-0.2, -0.15) is 0 Å². The summed E-state index contributed by atoms with van der Waals surface area (Å²) in [5.74, 6) is 0.188. The van der Waals surface area contributed by atoms with Crippen LogP contribution in [0.3, 0.4) is 0 Å². The minimum Gasteiger partial charge on any atom is -0.424 e. The number of nitrogens with zero attached hydrogens (tertiary/aromatic N) is 3. The van der Waals surface area contributed by atoms with Crippen molar-refractivity contribution in [2.75, 3.05) is 6.54 Å². The average Bonchev–Trinajstić information content (AvgIpc) is 2.56. The van der Waals surface area contributed by atoms with Crippen molar-refractivity contribution in [3.8, 4) is 0 Å². The lowest BCUT2D eigenvalue weighted by Gasteiger charge is -2.26. The van der Waals surface area contributed by atoms with Gasteiger partial charge in [0.1, 0.15) is 5.76 Å². The maximum atomic E-state index is 11.7. The third-order valence-corrected chi connectivity index (χ3v) is 3.21. The molecule has 7 nitrogen and oxygen atoms in total. The summed E-state index contributed by atoms with van der Waals surface area (Å²) in [4.78, 5) is 32.1. The Bertz CT molecular complexity index is 657. The first-order valence-electron chi connectivity index (χ1n) is 7.38. The Labute approximate surface area is 141 Å². The zero-order valence-electron chi connectivity index (χ0n) is 14.2. The van der Waals surface area contributed by atoms with Crippen LogP contribution in [-0.2, 0) is 9.53 Å². The van der Waals surface area contributed by atoms with Gasteiger partial charge in [-0.3, -0.25) is 15.0 Å². The molecule has 1 fully saturated rings. The second kappa shape index (κ2) is 9.24. The molecule has 1 aliphatic rings. The van der Waals surface area contributed by atoms with Crippen molar-refractivity contribution in [2.24, 2.45) is 9.98 Å². The smallest absolute Gasteiger partial charge is 0.328 e.